The molecule has 1 aliphatic heterocycles. The molecule has 0 saturated carbocycles. The second kappa shape index (κ2) is 8.98. The zero-order valence-corrected chi connectivity index (χ0v) is 16.2. The highest BCUT2D eigenvalue weighted by molar-refractivity contribution is 5.83. The fourth-order valence-electron chi connectivity index (χ4n) is 4.00. The topological polar surface area (TPSA) is 49.0 Å². The molecule has 0 unspecified atom stereocenters. The van der Waals surface area contributed by atoms with Gasteiger partial charge in [0.25, 0.3) is 5.56 Å². The van der Waals surface area contributed by atoms with Crippen LogP contribution in [0.5, 0.6) is 0 Å². The molecule has 4 rings (SSSR count). The zero-order valence-electron chi connectivity index (χ0n) is 16.2. The first-order chi connectivity index (χ1) is 13.8. The first kappa shape index (κ1) is 18.6. The van der Waals surface area contributed by atoms with Crippen molar-refractivity contribution in [3.63, 3.8) is 0 Å². The molecule has 4 nitrogen and oxygen atoms in total. The second-order valence-corrected chi connectivity index (χ2v) is 7.50. The molecule has 0 aliphatic carbocycles. The van der Waals surface area contributed by atoms with Crippen molar-refractivity contribution in [2.45, 2.75) is 32.1 Å². The minimum Gasteiger partial charge on any atom is -0.299 e. The van der Waals surface area contributed by atoms with Crippen LogP contribution in [0, 0.1) is 0 Å². The predicted octanol–water partition coefficient (Wildman–Crippen LogP) is 4.43. The Morgan fingerprint density at radius 1 is 0.929 bits per heavy atom. The van der Waals surface area contributed by atoms with E-state index in [-0.39, 0.29) is 5.56 Å². The summed E-state index contributed by atoms with van der Waals surface area (Å²) in [4.78, 5) is 14.4. The first-order valence-electron chi connectivity index (χ1n) is 10.2. The molecule has 0 atom stereocenters. The normalized spacial score (nSPS) is 14.9. The molecule has 0 bridgehead atoms. The van der Waals surface area contributed by atoms with Crippen molar-refractivity contribution in [3.05, 3.63) is 82.3 Å². The van der Waals surface area contributed by atoms with Crippen molar-refractivity contribution in [1.29, 1.82) is 0 Å². The van der Waals surface area contributed by atoms with Crippen molar-refractivity contribution in [2.75, 3.05) is 19.6 Å². The number of nitrogens with one attached hydrogen (secondary N) is 1. The summed E-state index contributed by atoms with van der Waals surface area (Å²) in [5.74, 6) is 0. The van der Waals surface area contributed by atoms with Crippen molar-refractivity contribution in [1.82, 2.24) is 15.1 Å². The van der Waals surface area contributed by atoms with Crippen LogP contribution in [0.3, 0.4) is 0 Å². The minimum atomic E-state index is -0.104. The number of aromatic nitrogens is 2. The summed E-state index contributed by atoms with van der Waals surface area (Å²) in [5, 5.41) is 8.63. The lowest BCUT2D eigenvalue weighted by atomic mass is 9.99. The van der Waals surface area contributed by atoms with Gasteiger partial charge in [0, 0.05) is 18.5 Å². The second-order valence-electron chi connectivity index (χ2n) is 7.50. The summed E-state index contributed by atoms with van der Waals surface area (Å²) in [6, 6.07) is 18.4. The standard InChI is InChI=1S/C24H27N3O/c28-24-22-12-7-6-11-21(22)23(25-26-24)13-5-2-8-16-27-17-14-20(15-18-27)19-9-3-1-4-10-19/h1,3-4,6-7,9-12,14H,2,5,8,13,15-18H2,(H,26,28). The van der Waals surface area contributed by atoms with Gasteiger partial charge in [0.2, 0.25) is 0 Å². The smallest absolute Gasteiger partial charge is 0.272 e. The fourth-order valence-corrected chi connectivity index (χ4v) is 4.00. The Morgan fingerprint density at radius 3 is 2.50 bits per heavy atom. The number of aryl methyl sites for hydroxylation is 1. The van der Waals surface area contributed by atoms with Crippen LogP contribution in [-0.4, -0.2) is 34.7 Å². The lowest BCUT2D eigenvalue weighted by Crippen LogP contribution is -2.29. The summed E-state index contributed by atoms with van der Waals surface area (Å²) in [5.41, 5.74) is 3.74. The number of nitrogens with zero attached hydrogens (tertiary/aromatic N) is 2. The number of rotatable bonds is 7. The molecule has 1 N–H and O–H groups in total. The van der Waals surface area contributed by atoms with Gasteiger partial charge in [-0.15, -0.1) is 0 Å². The van der Waals surface area contributed by atoms with Gasteiger partial charge in [-0.1, -0.05) is 61.0 Å². The number of hydrogen-bond donors (Lipinski definition) is 1. The average Bonchev–Trinajstić information content (AvgIpc) is 2.76. The van der Waals surface area contributed by atoms with E-state index >= 15 is 0 Å². The van der Waals surface area contributed by atoms with Gasteiger partial charge in [-0.25, -0.2) is 5.10 Å². The van der Waals surface area contributed by atoms with Crippen molar-refractivity contribution in [3.8, 4) is 0 Å². The molecule has 0 saturated heterocycles. The van der Waals surface area contributed by atoms with Gasteiger partial charge in [0.1, 0.15) is 0 Å². The van der Waals surface area contributed by atoms with Crippen LogP contribution in [0.1, 0.15) is 36.9 Å². The van der Waals surface area contributed by atoms with Crippen LogP contribution in [0.25, 0.3) is 16.3 Å². The summed E-state index contributed by atoms with van der Waals surface area (Å²) in [7, 11) is 0. The van der Waals surface area contributed by atoms with Crippen molar-refractivity contribution < 1.29 is 0 Å². The van der Waals surface area contributed by atoms with Crippen LogP contribution in [0.2, 0.25) is 0 Å². The van der Waals surface area contributed by atoms with Gasteiger partial charge >= 0.3 is 0 Å². The van der Waals surface area contributed by atoms with E-state index < -0.39 is 0 Å². The Hall–Kier alpha value is -2.72. The predicted molar refractivity (Wildman–Crippen MR) is 115 cm³/mol. The molecule has 0 radical (unpaired) electrons. The van der Waals surface area contributed by atoms with Crippen LogP contribution in [0.4, 0.5) is 0 Å². The molecule has 1 aromatic heterocycles. The third-order valence-electron chi connectivity index (χ3n) is 5.60. The SMILES string of the molecule is O=c1[nH]nc(CCCCCN2CC=C(c3ccccc3)CC2)c2ccccc12. The van der Waals surface area contributed by atoms with E-state index in [0.717, 1.165) is 55.4 Å². The third kappa shape index (κ3) is 4.39. The van der Waals surface area contributed by atoms with Gasteiger partial charge in [-0.05, 0) is 49.4 Å². The Morgan fingerprint density at radius 2 is 1.71 bits per heavy atom. The number of benzene rings is 2. The maximum absolute atomic E-state index is 11.9. The van der Waals surface area contributed by atoms with Crippen LogP contribution < -0.4 is 5.56 Å². The Balaban J connectivity index is 1.23. The molecule has 144 valence electrons. The van der Waals surface area contributed by atoms with E-state index in [1.807, 2.05) is 24.3 Å². The largest absolute Gasteiger partial charge is 0.299 e. The fraction of sp³-hybridized carbons (Fsp3) is 0.333. The quantitative estimate of drug-likeness (QED) is 0.624. The van der Waals surface area contributed by atoms with E-state index in [2.05, 4.69) is 51.5 Å². The molecule has 28 heavy (non-hydrogen) atoms. The molecular weight excluding hydrogens is 346 g/mol. The van der Waals surface area contributed by atoms with Crippen LogP contribution in [0.15, 0.2) is 65.5 Å². The molecule has 3 aromatic rings. The zero-order chi connectivity index (χ0) is 19.2. The molecular formula is C24H27N3O. The van der Waals surface area contributed by atoms with E-state index in [4.69, 9.17) is 0 Å². The van der Waals surface area contributed by atoms with E-state index in [1.165, 1.54) is 24.0 Å². The van der Waals surface area contributed by atoms with Crippen LogP contribution in [-0.2, 0) is 6.42 Å². The van der Waals surface area contributed by atoms with Crippen molar-refractivity contribution >= 4 is 16.3 Å². The summed E-state index contributed by atoms with van der Waals surface area (Å²) >= 11 is 0. The van der Waals surface area contributed by atoms with Crippen LogP contribution >= 0.6 is 0 Å². The number of hydrogen-bond acceptors (Lipinski definition) is 3. The monoisotopic (exact) mass is 373 g/mol. The lowest BCUT2D eigenvalue weighted by Gasteiger charge is -2.26. The molecule has 4 heteroatoms. The third-order valence-corrected chi connectivity index (χ3v) is 5.60. The van der Waals surface area contributed by atoms with E-state index in [9.17, 15) is 4.79 Å². The number of H-pyrrole nitrogens is 1. The highest BCUT2D eigenvalue weighted by Gasteiger charge is 2.12. The maximum atomic E-state index is 11.9. The Bertz CT molecular complexity index is 1010. The summed E-state index contributed by atoms with van der Waals surface area (Å²) in [6.45, 7) is 3.35. The van der Waals surface area contributed by atoms with Crippen molar-refractivity contribution in [2.24, 2.45) is 0 Å². The van der Waals surface area contributed by atoms with Gasteiger partial charge in [0.15, 0.2) is 0 Å². The first-order valence-corrected chi connectivity index (χ1v) is 10.2. The molecule has 1 aliphatic rings. The molecule has 2 aromatic carbocycles. The number of aromatic amines is 1. The van der Waals surface area contributed by atoms with Gasteiger partial charge in [0.05, 0.1) is 11.1 Å². The van der Waals surface area contributed by atoms with E-state index in [1.54, 1.807) is 0 Å². The number of unbranched alkanes of at least 4 members (excludes halogenated alkanes) is 2. The molecule has 0 fully saturated rings. The minimum absolute atomic E-state index is 0.104. The summed E-state index contributed by atoms with van der Waals surface area (Å²) in [6.07, 6.45) is 7.92. The summed E-state index contributed by atoms with van der Waals surface area (Å²) < 4.78 is 0. The van der Waals surface area contributed by atoms with Gasteiger partial charge in [-0.2, -0.15) is 5.10 Å². The van der Waals surface area contributed by atoms with Gasteiger partial charge < -0.3 is 0 Å². The molecule has 2 heterocycles. The molecule has 0 spiro atoms. The van der Waals surface area contributed by atoms with E-state index in [0.29, 0.717) is 0 Å². The maximum Gasteiger partial charge on any atom is 0.272 e. The highest BCUT2D eigenvalue weighted by atomic mass is 16.1. The average molecular weight is 374 g/mol. The number of fused-ring (bicyclic) bond motifs is 1. The molecule has 0 amide bonds. The van der Waals surface area contributed by atoms with Gasteiger partial charge in [-0.3, -0.25) is 9.69 Å². The Labute approximate surface area is 165 Å². The highest BCUT2D eigenvalue weighted by Crippen LogP contribution is 2.22. The lowest BCUT2D eigenvalue weighted by molar-refractivity contribution is 0.294. The Kier molecular flexibility index (Phi) is 5.98.